The first-order valence-electron chi connectivity index (χ1n) is 8.36. The van der Waals surface area contributed by atoms with Gasteiger partial charge in [0.25, 0.3) is 11.8 Å². The number of hydrogen-bond acceptors (Lipinski definition) is 7. The predicted octanol–water partition coefficient (Wildman–Crippen LogP) is 1.82. The number of hydrogen-bond donors (Lipinski definition) is 3. The van der Waals surface area contributed by atoms with Crippen LogP contribution in [0.15, 0.2) is 12.3 Å². The molecule has 0 aliphatic heterocycles. The lowest BCUT2D eigenvalue weighted by Crippen LogP contribution is -2.24. The van der Waals surface area contributed by atoms with Crippen LogP contribution < -0.4 is 11.1 Å². The zero-order chi connectivity index (χ0) is 21.0. The van der Waals surface area contributed by atoms with Gasteiger partial charge in [-0.15, -0.1) is 11.3 Å². The maximum Gasteiger partial charge on any atom is 0.341 e. The van der Waals surface area contributed by atoms with Crippen molar-refractivity contribution in [2.75, 3.05) is 11.9 Å². The zero-order valence-electron chi connectivity index (χ0n) is 15.5. The molecule has 0 radical (unpaired) electrons. The van der Waals surface area contributed by atoms with E-state index in [1.807, 2.05) is 6.92 Å². The summed E-state index contributed by atoms with van der Waals surface area (Å²) in [5.41, 5.74) is 5.67. The Balaban J connectivity index is 2.41. The molecule has 0 spiro atoms. The summed E-state index contributed by atoms with van der Waals surface area (Å²) < 4.78 is 6.17. The van der Waals surface area contributed by atoms with Crippen LogP contribution in [0.25, 0.3) is 0 Å². The summed E-state index contributed by atoms with van der Waals surface area (Å²) in [6.07, 6.45) is 1.89. The van der Waals surface area contributed by atoms with Crippen molar-refractivity contribution in [2.45, 2.75) is 33.2 Å². The number of aliphatic carboxylic acids is 1. The summed E-state index contributed by atoms with van der Waals surface area (Å²) >= 11 is 0.849. The molecular formula is C17H20N4O6S. The summed E-state index contributed by atoms with van der Waals surface area (Å²) in [6, 6.07) is 0.273. The van der Waals surface area contributed by atoms with Gasteiger partial charge in [0.1, 0.15) is 16.7 Å². The predicted molar refractivity (Wildman–Crippen MR) is 101 cm³/mol. The lowest BCUT2D eigenvalue weighted by molar-refractivity contribution is -0.140. The minimum Gasteiger partial charge on any atom is -0.480 e. The largest absolute Gasteiger partial charge is 0.480 e. The molecule has 2 heterocycles. The summed E-state index contributed by atoms with van der Waals surface area (Å²) in [5, 5.41) is 15.6. The van der Waals surface area contributed by atoms with Crippen LogP contribution in [0.4, 0.5) is 5.00 Å². The molecule has 0 saturated heterocycles. The second-order valence-corrected chi connectivity index (χ2v) is 6.91. The minimum atomic E-state index is -1.16. The van der Waals surface area contributed by atoms with Gasteiger partial charge in [-0.05, 0) is 31.9 Å². The van der Waals surface area contributed by atoms with E-state index < -0.39 is 29.8 Å². The highest BCUT2D eigenvalue weighted by Crippen LogP contribution is 2.34. The van der Waals surface area contributed by atoms with Crippen LogP contribution >= 0.6 is 11.3 Å². The Kier molecular flexibility index (Phi) is 6.52. The van der Waals surface area contributed by atoms with Gasteiger partial charge in [-0.25, -0.2) is 14.3 Å². The van der Waals surface area contributed by atoms with Gasteiger partial charge < -0.3 is 20.9 Å². The molecular weight excluding hydrogens is 388 g/mol. The maximum absolute atomic E-state index is 12.7. The molecule has 1 atom stereocenters. The Labute approximate surface area is 164 Å². The molecule has 11 heteroatoms. The number of nitrogens with zero attached hydrogens (tertiary/aromatic N) is 2. The number of ether oxygens (including phenoxy) is 1. The van der Waals surface area contributed by atoms with Gasteiger partial charge in [0.15, 0.2) is 0 Å². The standard InChI is InChI=1S/C17H20N4O6S/c1-4-7-27-17(26)11-8(2)12(13(18)22)28-15(11)20-14(23)10-5-6-19-21(10)9(3)16(24)25/h5-6,9H,4,7H2,1-3H3,(H2,18,22)(H,20,23)(H,24,25). The SMILES string of the molecule is CCCOC(=O)c1c(NC(=O)c2ccnn2C(C)C(=O)O)sc(C(N)=O)c1C. The van der Waals surface area contributed by atoms with E-state index >= 15 is 0 Å². The van der Waals surface area contributed by atoms with Crippen molar-refractivity contribution in [3.05, 3.63) is 34.0 Å². The number of carboxylic acids is 1. The molecule has 28 heavy (non-hydrogen) atoms. The van der Waals surface area contributed by atoms with Gasteiger partial charge in [-0.3, -0.25) is 9.59 Å². The molecule has 2 amide bonds. The van der Waals surface area contributed by atoms with Crippen molar-refractivity contribution in [3.63, 3.8) is 0 Å². The van der Waals surface area contributed by atoms with E-state index in [9.17, 15) is 19.2 Å². The third-order valence-electron chi connectivity index (χ3n) is 3.87. The smallest absolute Gasteiger partial charge is 0.341 e. The lowest BCUT2D eigenvalue weighted by atomic mass is 10.1. The number of esters is 1. The van der Waals surface area contributed by atoms with Crippen LogP contribution in [-0.4, -0.2) is 45.2 Å². The average Bonchev–Trinajstić information content (AvgIpc) is 3.23. The minimum absolute atomic E-state index is 0.0190. The average molecular weight is 408 g/mol. The maximum atomic E-state index is 12.7. The monoisotopic (exact) mass is 408 g/mol. The van der Waals surface area contributed by atoms with E-state index in [0.717, 1.165) is 16.0 Å². The number of carbonyl (C=O) groups is 4. The number of thiophene rings is 1. The molecule has 0 saturated carbocycles. The number of aromatic nitrogens is 2. The number of carboxylic acid groups (broad SMARTS) is 1. The van der Waals surface area contributed by atoms with Crippen molar-refractivity contribution in [1.29, 1.82) is 0 Å². The highest BCUT2D eigenvalue weighted by Gasteiger charge is 2.27. The van der Waals surface area contributed by atoms with E-state index in [4.69, 9.17) is 15.6 Å². The Morgan fingerprint density at radius 3 is 2.64 bits per heavy atom. The number of nitrogens with one attached hydrogen (secondary N) is 1. The van der Waals surface area contributed by atoms with E-state index in [0.29, 0.717) is 12.0 Å². The number of nitrogens with two attached hydrogens (primary N) is 1. The molecule has 2 aromatic rings. The Hall–Kier alpha value is -3.21. The summed E-state index contributed by atoms with van der Waals surface area (Å²) in [5.74, 6) is -3.28. The van der Waals surface area contributed by atoms with Gasteiger partial charge >= 0.3 is 11.9 Å². The number of anilines is 1. The zero-order valence-corrected chi connectivity index (χ0v) is 16.3. The number of carbonyl (C=O) groups excluding carboxylic acids is 3. The first kappa shape index (κ1) is 21.1. The fraction of sp³-hybridized carbons (Fsp3) is 0.353. The Bertz CT molecular complexity index is 932. The first-order valence-corrected chi connectivity index (χ1v) is 9.18. The Morgan fingerprint density at radius 2 is 2.07 bits per heavy atom. The summed E-state index contributed by atoms with van der Waals surface area (Å²) in [6.45, 7) is 4.91. The molecule has 150 valence electrons. The molecule has 0 aromatic carbocycles. The van der Waals surface area contributed by atoms with E-state index in [1.165, 1.54) is 26.1 Å². The molecule has 1 unspecified atom stereocenters. The fourth-order valence-electron chi connectivity index (χ4n) is 2.42. The summed E-state index contributed by atoms with van der Waals surface area (Å²) in [7, 11) is 0. The fourth-order valence-corrected chi connectivity index (χ4v) is 3.47. The van der Waals surface area contributed by atoms with Gasteiger partial charge in [0.05, 0.1) is 17.0 Å². The summed E-state index contributed by atoms with van der Waals surface area (Å²) in [4.78, 5) is 48.0. The van der Waals surface area contributed by atoms with Crippen LogP contribution in [0.1, 0.15) is 62.4 Å². The van der Waals surface area contributed by atoms with Gasteiger partial charge in [-0.1, -0.05) is 6.92 Å². The first-order chi connectivity index (χ1) is 13.2. The second-order valence-electron chi connectivity index (χ2n) is 5.89. The van der Waals surface area contributed by atoms with Crippen LogP contribution in [-0.2, 0) is 9.53 Å². The molecule has 0 bridgehead atoms. The van der Waals surface area contributed by atoms with Crippen LogP contribution in [0.3, 0.4) is 0 Å². The van der Waals surface area contributed by atoms with Crippen molar-refractivity contribution in [1.82, 2.24) is 9.78 Å². The van der Waals surface area contributed by atoms with Crippen LogP contribution in [0, 0.1) is 6.92 Å². The number of amides is 2. The lowest BCUT2D eigenvalue weighted by Gasteiger charge is -2.12. The van der Waals surface area contributed by atoms with Gasteiger partial charge in [0.2, 0.25) is 0 Å². The van der Waals surface area contributed by atoms with Crippen molar-refractivity contribution >= 4 is 40.1 Å². The highest BCUT2D eigenvalue weighted by atomic mass is 32.1. The highest BCUT2D eigenvalue weighted by molar-refractivity contribution is 7.18. The molecule has 10 nitrogen and oxygen atoms in total. The molecule has 4 N–H and O–H groups in total. The van der Waals surface area contributed by atoms with Gasteiger partial charge in [-0.2, -0.15) is 5.10 Å². The van der Waals surface area contributed by atoms with Gasteiger partial charge in [0, 0.05) is 6.20 Å². The molecule has 2 aromatic heterocycles. The molecule has 0 aliphatic rings. The van der Waals surface area contributed by atoms with E-state index in [1.54, 1.807) is 0 Å². The molecule has 0 fully saturated rings. The third-order valence-corrected chi connectivity index (χ3v) is 5.09. The van der Waals surface area contributed by atoms with Crippen molar-refractivity contribution in [3.8, 4) is 0 Å². The molecule has 0 aliphatic carbocycles. The topological polar surface area (TPSA) is 154 Å². The molecule has 2 rings (SSSR count). The third kappa shape index (κ3) is 4.19. The van der Waals surface area contributed by atoms with Crippen molar-refractivity contribution < 1.29 is 29.0 Å². The quantitative estimate of drug-likeness (QED) is 0.563. The Morgan fingerprint density at radius 1 is 1.39 bits per heavy atom. The normalized spacial score (nSPS) is 11.7. The number of rotatable bonds is 8. The van der Waals surface area contributed by atoms with Crippen molar-refractivity contribution in [2.24, 2.45) is 5.73 Å². The van der Waals surface area contributed by atoms with Crippen LogP contribution in [0.5, 0.6) is 0 Å². The van der Waals surface area contributed by atoms with E-state index in [2.05, 4.69) is 10.4 Å². The van der Waals surface area contributed by atoms with E-state index in [-0.39, 0.29) is 27.7 Å². The number of primary amides is 1. The second kappa shape index (κ2) is 8.65. The van der Waals surface area contributed by atoms with Crippen LogP contribution in [0.2, 0.25) is 0 Å².